The summed E-state index contributed by atoms with van der Waals surface area (Å²) in [5.41, 5.74) is 2.65. The van der Waals surface area contributed by atoms with Gasteiger partial charge in [-0.3, -0.25) is 9.59 Å². The summed E-state index contributed by atoms with van der Waals surface area (Å²) < 4.78 is 5.67. The molecule has 0 saturated carbocycles. The predicted molar refractivity (Wildman–Crippen MR) is 125 cm³/mol. The first-order valence-electron chi connectivity index (χ1n) is 10.4. The fraction of sp³-hybridized carbons (Fsp3) is 0.200. The number of hydrogen-bond acceptors (Lipinski definition) is 4. The monoisotopic (exact) mass is 417 g/mol. The number of hydrogen-bond donors (Lipinski definition) is 3. The molecule has 3 rings (SSSR count). The summed E-state index contributed by atoms with van der Waals surface area (Å²) in [5.74, 6) is 0.377. The highest BCUT2D eigenvalue weighted by Crippen LogP contribution is 2.18. The third kappa shape index (κ3) is 7.19. The molecular formula is C25H27N3O3. The Kier molecular flexibility index (Phi) is 8.05. The highest BCUT2D eigenvalue weighted by atomic mass is 16.5. The van der Waals surface area contributed by atoms with Crippen molar-refractivity contribution in [3.63, 3.8) is 0 Å². The van der Waals surface area contributed by atoms with E-state index >= 15 is 0 Å². The van der Waals surface area contributed by atoms with Crippen LogP contribution in [0.2, 0.25) is 0 Å². The zero-order valence-electron chi connectivity index (χ0n) is 17.6. The van der Waals surface area contributed by atoms with Gasteiger partial charge in [0.1, 0.15) is 5.75 Å². The van der Waals surface area contributed by atoms with Crippen molar-refractivity contribution in [2.75, 3.05) is 29.1 Å². The molecule has 0 bridgehead atoms. The van der Waals surface area contributed by atoms with Crippen LogP contribution in [-0.2, 0) is 4.79 Å². The standard InChI is InChI=1S/C25H27N3O3/c1-2-3-15-31-23-14-8-13-22(17-23)27-24(29)18-26-20-11-7-12-21(16-20)28-25(30)19-9-5-4-6-10-19/h4-14,16-17,26H,2-3,15,18H2,1H3,(H,27,29)(H,28,30). The van der Waals surface area contributed by atoms with E-state index in [4.69, 9.17) is 4.74 Å². The number of unbranched alkanes of at least 4 members (excludes halogenated alkanes) is 1. The highest BCUT2D eigenvalue weighted by Gasteiger charge is 2.07. The SMILES string of the molecule is CCCCOc1cccc(NC(=O)CNc2cccc(NC(=O)c3ccccc3)c2)c1. The van der Waals surface area contributed by atoms with E-state index in [0.717, 1.165) is 24.3 Å². The molecule has 0 aliphatic rings. The van der Waals surface area contributed by atoms with Crippen molar-refractivity contribution < 1.29 is 14.3 Å². The van der Waals surface area contributed by atoms with Gasteiger partial charge in [0.05, 0.1) is 13.2 Å². The normalized spacial score (nSPS) is 10.2. The Bertz CT molecular complexity index is 1010. The Morgan fingerprint density at radius 3 is 2.29 bits per heavy atom. The molecule has 6 heteroatoms. The third-order valence-corrected chi connectivity index (χ3v) is 4.49. The van der Waals surface area contributed by atoms with Gasteiger partial charge in [-0.25, -0.2) is 0 Å². The Morgan fingerprint density at radius 2 is 1.52 bits per heavy atom. The average Bonchev–Trinajstić information content (AvgIpc) is 2.79. The van der Waals surface area contributed by atoms with E-state index in [2.05, 4.69) is 22.9 Å². The Labute approximate surface area is 182 Å². The van der Waals surface area contributed by atoms with E-state index in [1.54, 1.807) is 24.3 Å². The van der Waals surface area contributed by atoms with Crippen LogP contribution in [-0.4, -0.2) is 25.0 Å². The van der Waals surface area contributed by atoms with Gasteiger partial charge in [-0.2, -0.15) is 0 Å². The van der Waals surface area contributed by atoms with Gasteiger partial charge in [0.15, 0.2) is 0 Å². The summed E-state index contributed by atoms with van der Waals surface area (Å²) in [6.07, 6.45) is 2.06. The number of amides is 2. The summed E-state index contributed by atoms with van der Waals surface area (Å²) in [6.45, 7) is 2.86. The molecule has 160 valence electrons. The van der Waals surface area contributed by atoms with Crippen molar-refractivity contribution in [3.8, 4) is 5.75 Å². The lowest BCUT2D eigenvalue weighted by Crippen LogP contribution is -2.21. The second kappa shape index (κ2) is 11.4. The number of nitrogens with one attached hydrogen (secondary N) is 3. The number of ether oxygens (including phenoxy) is 1. The molecule has 0 aromatic heterocycles. The fourth-order valence-corrected chi connectivity index (χ4v) is 2.89. The molecule has 0 fully saturated rings. The lowest BCUT2D eigenvalue weighted by molar-refractivity contribution is -0.114. The molecular weight excluding hydrogens is 390 g/mol. The van der Waals surface area contributed by atoms with Gasteiger partial charge in [0.25, 0.3) is 5.91 Å². The van der Waals surface area contributed by atoms with Crippen LogP contribution in [0.5, 0.6) is 5.75 Å². The topological polar surface area (TPSA) is 79.5 Å². The van der Waals surface area contributed by atoms with Crippen LogP contribution in [0.15, 0.2) is 78.9 Å². The maximum Gasteiger partial charge on any atom is 0.255 e. The second-order valence-electron chi connectivity index (χ2n) is 7.03. The number of benzene rings is 3. The molecule has 0 aliphatic carbocycles. The van der Waals surface area contributed by atoms with E-state index in [1.807, 2.05) is 54.6 Å². The number of carbonyl (C=O) groups excluding carboxylic acids is 2. The molecule has 2 amide bonds. The van der Waals surface area contributed by atoms with Gasteiger partial charge >= 0.3 is 0 Å². The minimum Gasteiger partial charge on any atom is -0.494 e. The van der Waals surface area contributed by atoms with Crippen molar-refractivity contribution in [2.45, 2.75) is 19.8 Å². The molecule has 0 heterocycles. The van der Waals surface area contributed by atoms with Crippen LogP contribution < -0.4 is 20.7 Å². The van der Waals surface area contributed by atoms with Crippen LogP contribution in [0.1, 0.15) is 30.1 Å². The minimum absolute atomic E-state index is 0.0943. The number of carbonyl (C=O) groups is 2. The van der Waals surface area contributed by atoms with Crippen LogP contribution in [0.4, 0.5) is 17.1 Å². The summed E-state index contributed by atoms with van der Waals surface area (Å²) in [5, 5.41) is 8.80. The van der Waals surface area contributed by atoms with Gasteiger partial charge in [-0.05, 0) is 48.9 Å². The summed E-state index contributed by atoms with van der Waals surface area (Å²) in [6, 6.07) is 23.6. The minimum atomic E-state index is -0.184. The molecule has 0 unspecified atom stereocenters. The zero-order chi connectivity index (χ0) is 21.9. The molecule has 0 atom stereocenters. The quantitative estimate of drug-likeness (QED) is 0.398. The van der Waals surface area contributed by atoms with Crippen LogP contribution >= 0.6 is 0 Å². The number of anilines is 3. The van der Waals surface area contributed by atoms with Gasteiger partial charge < -0.3 is 20.7 Å². The van der Waals surface area contributed by atoms with E-state index in [-0.39, 0.29) is 18.4 Å². The summed E-state index contributed by atoms with van der Waals surface area (Å²) in [4.78, 5) is 24.6. The van der Waals surface area contributed by atoms with E-state index < -0.39 is 0 Å². The van der Waals surface area contributed by atoms with E-state index in [1.165, 1.54) is 0 Å². The summed E-state index contributed by atoms with van der Waals surface area (Å²) >= 11 is 0. The molecule has 0 saturated heterocycles. The van der Waals surface area contributed by atoms with Gasteiger partial charge in [-0.1, -0.05) is 43.7 Å². The highest BCUT2D eigenvalue weighted by molar-refractivity contribution is 6.04. The zero-order valence-corrected chi connectivity index (χ0v) is 17.6. The largest absolute Gasteiger partial charge is 0.494 e. The lowest BCUT2D eigenvalue weighted by Gasteiger charge is -2.11. The molecule has 31 heavy (non-hydrogen) atoms. The average molecular weight is 418 g/mol. The van der Waals surface area contributed by atoms with Gasteiger partial charge in [0.2, 0.25) is 5.91 Å². The molecule has 3 aromatic rings. The van der Waals surface area contributed by atoms with Crippen LogP contribution in [0.25, 0.3) is 0 Å². The van der Waals surface area contributed by atoms with Crippen molar-refractivity contribution in [1.29, 1.82) is 0 Å². The molecule has 0 aliphatic heterocycles. The van der Waals surface area contributed by atoms with E-state index in [9.17, 15) is 9.59 Å². The molecule has 3 aromatic carbocycles. The summed E-state index contributed by atoms with van der Waals surface area (Å²) in [7, 11) is 0. The second-order valence-corrected chi connectivity index (χ2v) is 7.03. The number of rotatable bonds is 10. The lowest BCUT2D eigenvalue weighted by atomic mass is 10.2. The first kappa shape index (κ1) is 21.9. The van der Waals surface area contributed by atoms with Crippen molar-refractivity contribution >= 4 is 28.9 Å². The smallest absolute Gasteiger partial charge is 0.255 e. The maximum atomic E-state index is 12.3. The Hall–Kier alpha value is -3.80. The Balaban J connectivity index is 1.51. The first-order chi connectivity index (χ1) is 15.1. The van der Waals surface area contributed by atoms with Crippen molar-refractivity contribution in [1.82, 2.24) is 0 Å². The molecule has 0 spiro atoms. The van der Waals surface area contributed by atoms with E-state index in [0.29, 0.717) is 23.5 Å². The third-order valence-electron chi connectivity index (χ3n) is 4.49. The molecule has 3 N–H and O–H groups in total. The molecule has 6 nitrogen and oxygen atoms in total. The fourth-order valence-electron chi connectivity index (χ4n) is 2.89. The molecule has 0 radical (unpaired) electrons. The van der Waals surface area contributed by atoms with Gasteiger partial charge in [0, 0.05) is 28.7 Å². The van der Waals surface area contributed by atoms with Gasteiger partial charge in [-0.15, -0.1) is 0 Å². The van der Waals surface area contributed by atoms with Crippen molar-refractivity contribution in [3.05, 3.63) is 84.4 Å². The Morgan fingerprint density at radius 1 is 0.806 bits per heavy atom. The first-order valence-corrected chi connectivity index (χ1v) is 10.4. The van der Waals surface area contributed by atoms with Crippen LogP contribution in [0.3, 0.4) is 0 Å². The van der Waals surface area contributed by atoms with Crippen molar-refractivity contribution in [2.24, 2.45) is 0 Å². The predicted octanol–water partition coefficient (Wildman–Crippen LogP) is 5.17. The maximum absolute atomic E-state index is 12.3. The van der Waals surface area contributed by atoms with Crippen LogP contribution in [0, 0.1) is 0 Å².